The summed E-state index contributed by atoms with van der Waals surface area (Å²) in [6, 6.07) is 19.3. The molecular weight excluding hydrogens is 368 g/mol. The first-order valence-corrected chi connectivity index (χ1v) is 9.93. The molecule has 1 aromatic heterocycles. The van der Waals surface area contributed by atoms with Gasteiger partial charge in [-0.3, -0.25) is 4.98 Å². The van der Waals surface area contributed by atoms with Gasteiger partial charge in [0.05, 0.1) is 16.6 Å². The second kappa shape index (κ2) is 7.58. The first kappa shape index (κ1) is 18.6. The van der Waals surface area contributed by atoms with Crippen LogP contribution in [0.3, 0.4) is 0 Å². The second-order valence-electron chi connectivity index (χ2n) is 5.95. The van der Waals surface area contributed by atoms with Crippen molar-refractivity contribution < 1.29 is 8.42 Å². The van der Waals surface area contributed by atoms with Crippen LogP contribution >= 0.6 is 11.6 Å². The zero-order chi connectivity index (χ0) is 18.7. The Morgan fingerprint density at radius 3 is 2.31 bits per heavy atom. The van der Waals surface area contributed by atoms with Crippen LogP contribution in [-0.4, -0.2) is 24.8 Å². The Hall–Kier alpha value is -2.21. The van der Waals surface area contributed by atoms with Crippen molar-refractivity contribution in [3.8, 4) is 0 Å². The van der Waals surface area contributed by atoms with Crippen molar-refractivity contribution in [2.24, 2.45) is 0 Å². The summed E-state index contributed by atoms with van der Waals surface area (Å²) in [5.74, 6) is 0. The van der Waals surface area contributed by atoms with Gasteiger partial charge in [-0.15, -0.1) is 0 Å². The van der Waals surface area contributed by atoms with E-state index in [0.717, 1.165) is 5.56 Å². The van der Waals surface area contributed by atoms with E-state index < -0.39 is 16.1 Å². The lowest BCUT2D eigenvalue weighted by atomic mass is 10.0. The smallest absolute Gasteiger partial charge is 0.244 e. The van der Waals surface area contributed by atoms with Gasteiger partial charge in [0.1, 0.15) is 0 Å². The van der Waals surface area contributed by atoms with Gasteiger partial charge in [-0.25, -0.2) is 8.42 Å². The summed E-state index contributed by atoms with van der Waals surface area (Å²) in [5, 5.41) is 0.425. The first-order chi connectivity index (χ1) is 12.4. The molecule has 0 saturated heterocycles. The predicted molar refractivity (Wildman–Crippen MR) is 104 cm³/mol. The molecular formula is C20H19ClN2O2S. The molecule has 0 unspecified atom stereocenters. The summed E-state index contributed by atoms with van der Waals surface area (Å²) in [6.07, 6.45) is 1.66. The maximum absolute atomic E-state index is 13.3. The molecule has 3 rings (SSSR count). The van der Waals surface area contributed by atoms with Crippen LogP contribution in [0.15, 0.2) is 77.8 Å². The number of halogens is 1. The van der Waals surface area contributed by atoms with E-state index in [9.17, 15) is 8.42 Å². The molecule has 0 amide bonds. The Bertz CT molecular complexity index is 953. The van der Waals surface area contributed by atoms with Gasteiger partial charge >= 0.3 is 0 Å². The van der Waals surface area contributed by atoms with Crippen LogP contribution in [-0.2, 0) is 10.0 Å². The number of nitrogens with zero attached hydrogens (tertiary/aromatic N) is 2. The fourth-order valence-electron chi connectivity index (χ4n) is 2.90. The Balaban J connectivity index is 2.14. The van der Waals surface area contributed by atoms with Crippen molar-refractivity contribution in [1.29, 1.82) is 0 Å². The van der Waals surface area contributed by atoms with Gasteiger partial charge < -0.3 is 0 Å². The average Bonchev–Trinajstić information content (AvgIpc) is 2.65. The quantitative estimate of drug-likeness (QED) is 0.650. The standard InChI is InChI=1S/C20H19ClN2O2S/c1-15-17(21)11-8-13-19(15)26(24,25)23(2)20(16-9-4-3-5-10-16)18-12-6-7-14-22-18/h3-14,20H,1-2H3/t20-/m0/s1. The van der Waals surface area contributed by atoms with Crippen LogP contribution in [0.1, 0.15) is 22.9 Å². The third kappa shape index (κ3) is 3.51. The van der Waals surface area contributed by atoms with Crippen LogP contribution in [0.5, 0.6) is 0 Å². The average molecular weight is 387 g/mol. The molecule has 4 nitrogen and oxygen atoms in total. The van der Waals surface area contributed by atoms with Crippen LogP contribution in [0.2, 0.25) is 5.02 Å². The summed E-state index contributed by atoms with van der Waals surface area (Å²) in [7, 11) is -2.21. The largest absolute Gasteiger partial charge is 0.259 e. The van der Waals surface area contributed by atoms with Gasteiger partial charge in [-0.2, -0.15) is 4.31 Å². The molecule has 0 N–H and O–H groups in total. The van der Waals surface area contributed by atoms with Crippen LogP contribution in [0, 0.1) is 6.92 Å². The lowest BCUT2D eigenvalue weighted by molar-refractivity contribution is 0.411. The van der Waals surface area contributed by atoms with Crippen LogP contribution < -0.4 is 0 Å². The molecule has 134 valence electrons. The molecule has 0 aliphatic heterocycles. The second-order valence-corrected chi connectivity index (χ2v) is 8.33. The molecule has 1 atom stereocenters. The third-order valence-electron chi connectivity index (χ3n) is 4.32. The van der Waals surface area contributed by atoms with Gasteiger partial charge in [-0.1, -0.05) is 54.1 Å². The lowest BCUT2D eigenvalue weighted by Gasteiger charge is -2.28. The minimum absolute atomic E-state index is 0.198. The Morgan fingerprint density at radius 1 is 0.962 bits per heavy atom. The number of pyridine rings is 1. The zero-order valence-electron chi connectivity index (χ0n) is 14.5. The molecule has 0 aliphatic carbocycles. The summed E-state index contributed by atoms with van der Waals surface area (Å²) in [6.45, 7) is 1.71. The lowest BCUT2D eigenvalue weighted by Crippen LogP contribution is -2.33. The Morgan fingerprint density at radius 2 is 1.65 bits per heavy atom. The maximum atomic E-state index is 13.3. The highest BCUT2D eigenvalue weighted by Crippen LogP contribution is 2.33. The van der Waals surface area contributed by atoms with Crippen molar-refractivity contribution in [3.05, 3.63) is 94.8 Å². The van der Waals surface area contributed by atoms with E-state index in [1.807, 2.05) is 42.5 Å². The van der Waals surface area contributed by atoms with Gasteiger partial charge in [0.25, 0.3) is 0 Å². The molecule has 0 saturated carbocycles. The Kier molecular flexibility index (Phi) is 5.41. The van der Waals surface area contributed by atoms with E-state index in [2.05, 4.69) is 4.98 Å². The normalized spacial score (nSPS) is 12.9. The molecule has 1 heterocycles. The van der Waals surface area contributed by atoms with E-state index in [4.69, 9.17) is 11.6 Å². The predicted octanol–water partition coefficient (Wildman–Crippen LogP) is 4.45. The van der Waals surface area contributed by atoms with E-state index in [1.54, 1.807) is 44.4 Å². The molecule has 6 heteroatoms. The number of benzene rings is 2. The third-order valence-corrected chi connectivity index (χ3v) is 6.70. The van der Waals surface area contributed by atoms with Crippen molar-refractivity contribution in [1.82, 2.24) is 9.29 Å². The van der Waals surface area contributed by atoms with Crippen molar-refractivity contribution in [2.75, 3.05) is 7.05 Å². The maximum Gasteiger partial charge on any atom is 0.244 e. The van der Waals surface area contributed by atoms with E-state index in [-0.39, 0.29) is 4.90 Å². The number of rotatable bonds is 5. The zero-order valence-corrected chi connectivity index (χ0v) is 16.1. The van der Waals surface area contributed by atoms with E-state index >= 15 is 0 Å². The van der Waals surface area contributed by atoms with Crippen LogP contribution in [0.4, 0.5) is 0 Å². The molecule has 0 bridgehead atoms. The highest BCUT2D eigenvalue weighted by Gasteiger charge is 2.32. The van der Waals surface area contributed by atoms with Crippen molar-refractivity contribution in [2.45, 2.75) is 17.9 Å². The summed E-state index contributed by atoms with van der Waals surface area (Å²) >= 11 is 6.14. The minimum Gasteiger partial charge on any atom is -0.259 e. The summed E-state index contributed by atoms with van der Waals surface area (Å²) in [5.41, 5.74) is 2.04. The number of hydrogen-bond acceptors (Lipinski definition) is 3. The SMILES string of the molecule is Cc1c(Cl)cccc1S(=O)(=O)N(C)[C@@H](c1ccccc1)c1ccccn1. The molecule has 0 fully saturated rings. The first-order valence-electron chi connectivity index (χ1n) is 8.12. The van der Waals surface area contributed by atoms with Crippen molar-refractivity contribution >= 4 is 21.6 Å². The van der Waals surface area contributed by atoms with E-state index in [0.29, 0.717) is 16.3 Å². The number of aromatic nitrogens is 1. The fraction of sp³-hybridized carbons (Fsp3) is 0.150. The summed E-state index contributed by atoms with van der Waals surface area (Å²) in [4.78, 5) is 4.59. The molecule has 26 heavy (non-hydrogen) atoms. The molecule has 0 spiro atoms. The Labute approximate surface area is 159 Å². The minimum atomic E-state index is -3.78. The number of hydrogen-bond donors (Lipinski definition) is 0. The number of sulfonamides is 1. The van der Waals surface area contributed by atoms with E-state index in [1.165, 1.54) is 4.31 Å². The fourth-order valence-corrected chi connectivity index (χ4v) is 4.70. The van der Waals surface area contributed by atoms with Gasteiger partial charge in [0.15, 0.2) is 0 Å². The molecule has 3 aromatic rings. The monoisotopic (exact) mass is 386 g/mol. The molecule has 0 radical (unpaired) electrons. The topological polar surface area (TPSA) is 50.3 Å². The van der Waals surface area contributed by atoms with Crippen molar-refractivity contribution in [3.63, 3.8) is 0 Å². The molecule has 0 aliphatic rings. The molecule has 2 aromatic carbocycles. The summed E-state index contributed by atoms with van der Waals surface area (Å²) < 4.78 is 28.0. The highest BCUT2D eigenvalue weighted by atomic mass is 35.5. The van der Waals surface area contributed by atoms with Gasteiger partial charge in [0.2, 0.25) is 10.0 Å². The van der Waals surface area contributed by atoms with Gasteiger partial charge in [-0.05, 0) is 42.3 Å². The van der Waals surface area contributed by atoms with Crippen LogP contribution in [0.25, 0.3) is 0 Å². The highest BCUT2D eigenvalue weighted by molar-refractivity contribution is 7.89. The van der Waals surface area contributed by atoms with Gasteiger partial charge in [0, 0.05) is 18.3 Å².